The number of amidine groups is 1. The second-order valence-corrected chi connectivity index (χ2v) is 11.5. The number of morpholine rings is 1. The molecule has 0 unspecified atom stereocenters. The molecule has 1 amide bonds. The van der Waals surface area contributed by atoms with E-state index in [1.165, 1.54) is 11.8 Å². The Bertz CT molecular complexity index is 1610. The maximum absolute atomic E-state index is 13.0. The molecule has 9 heteroatoms. The molecule has 1 saturated heterocycles. The summed E-state index contributed by atoms with van der Waals surface area (Å²) in [7, 11) is 0. The number of aromatic nitrogens is 2. The minimum absolute atomic E-state index is 0.0810. The van der Waals surface area contributed by atoms with E-state index >= 15 is 0 Å². The number of thioether (sulfide) groups is 1. The van der Waals surface area contributed by atoms with Gasteiger partial charge in [0.15, 0.2) is 5.17 Å². The van der Waals surface area contributed by atoms with Crippen LogP contribution in [0.3, 0.4) is 0 Å². The molecule has 0 radical (unpaired) electrons. The average molecular weight is 585 g/mol. The molecule has 2 atom stereocenters. The second-order valence-electron chi connectivity index (χ2n) is 10.1. The van der Waals surface area contributed by atoms with Gasteiger partial charge in [-0.3, -0.25) is 4.79 Å². The predicted molar refractivity (Wildman–Crippen MR) is 164 cm³/mol. The fourth-order valence-corrected chi connectivity index (χ4v) is 6.04. The van der Waals surface area contributed by atoms with Crippen molar-refractivity contribution in [2.45, 2.75) is 32.7 Å². The first-order valence-electron chi connectivity index (χ1n) is 13.5. The number of carbonyl (C=O) groups is 1. The Morgan fingerprint density at radius 3 is 2.44 bits per heavy atom. The minimum Gasteiger partial charge on any atom is -0.489 e. The lowest BCUT2D eigenvalue weighted by molar-refractivity contribution is -0.113. The van der Waals surface area contributed by atoms with Crippen molar-refractivity contribution in [2.75, 3.05) is 13.1 Å². The van der Waals surface area contributed by atoms with Crippen LogP contribution in [0.2, 0.25) is 5.02 Å². The van der Waals surface area contributed by atoms with E-state index in [0.717, 1.165) is 39.0 Å². The normalized spacial score (nSPS) is 20.0. The van der Waals surface area contributed by atoms with Crippen molar-refractivity contribution >= 4 is 40.5 Å². The van der Waals surface area contributed by atoms with Crippen LogP contribution in [-0.2, 0) is 16.1 Å². The summed E-state index contributed by atoms with van der Waals surface area (Å²) in [5.41, 5.74) is 4.35. The quantitative estimate of drug-likeness (QED) is 0.231. The van der Waals surface area contributed by atoms with Crippen LogP contribution in [0, 0.1) is 0 Å². The zero-order chi connectivity index (χ0) is 28.3. The van der Waals surface area contributed by atoms with Crippen molar-refractivity contribution in [1.82, 2.24) is 14.7 Å². The standard InChI is InChI=1S/C32H29ClN4O3S/c1-21-17-36(18-22(2)40-21)32-34-31(38)29(41-32)16-25-19-37(26-9-4-3-5-10-26)35-30(25)23-12-14-27(15-13-23)39-20-24-8-6-7-11-28(24)33/h3-16,19,21-22H,17-18,20H2,1-2H3/b29-16-/t21-,22-/m1/s1. The fraction of sp³-hybridized carbons (Fsp3) is 0.219. The van der Waals surface area contributed by atoms with Crippen molar-refractivity contribution in [3.63, 3.8) is 0 Å². The van der Waals surface area contributed by atoms with Gasteiger partial charge in [0.2, 0.25) is 0 Å². The Morgan fingerprint density at radius 2 is 1.71 bits per heavy atom. The smallest absolute Gasteiger partial charge is 0.286 e. The molecule has 1 fully saturated rings. The molecule has 3 heterocycles. The molecule has 0 bridgehead atoms. The highest BCUT2D eigenvalue weighted by Gasteiger charge is 2.31. The van der Waals surface area contributed by atoms with E-state index in [1.807, 2.05) is 110 Å². The average Bonchev–Trinajstić information content (AvgIpc) is 3.56. The van der Waals surface area contributed by atoms with Crippen molar-refractivity contribution in [3.8, 4) is 22.7 Å². The molecule has 0 aliphatic carbocycles. The molecule has 7 nitrogen and oxygen atoms in total. The van der Waals surface area contributed by atoms with Gasteiger partial charge in [0, 0.05) is 41.0 Å². The summed E-state index contributed by atoms with van der Waals surface area (Å²) in [6, 6.07) is 25.3. The Morgan fingerprint density at radius 1 is 1.00 bits per heavy atom. The summed E-state index contributed by atoms with van der Waals surface area (Å²) >= 11 is 7.68. The molecule has 0 spiro atoms. The number of halogens is 1. The number of nitrogens with zero attached hydrogens (tertiary/aromatic N) is 4. The van der Waals surface area contributed by atoms with Gasteiger partial charge in [0.25, 0.3) is 5.91 Å². The lowest BCUT2D eigenvalue weighted by Gasteiger charge is -2.35. The third-order valence-electron chi connectivity index (χ3n) is 6.83. The number of ether oxygens (including phenoxy) is 2. The summed E-state index contributed by atoms with van der Waals surface area (Å²) in [6.07, 6.45) is 4.00. The molecular weight excluding hydrogens is 556 g/mol. The van der Waals surface area contributed by atoms with Crippen LogP contribution in [0.25, 0.3) is 23.0 Å². The number of hydrogen-bond acceptors (Lipinski definition) is 6. The molecular formula is C32H29ClN4O3S. The van der Waals surface area contributed by atoms with Crippen molar-refractivity contribution < 1.29 is 14.3 Å². The number of para-hydroxylation sites is 1. The summed E-state index contributed by atoms with van der Waals surface area (Å²) in [5, 5.41) is 6.31. The Balaban J connectivity index is 1.27. The van der Waals surface area contributed by atoms with E-state index in [0.29, 0.717) is 29.6 Å². The van der Waals surface area contributed by atoms with Gasteiger partial charge in [-0.25, -0.2) is 4.68 Å². The second kappa shape index (κ2) is 11.9. The van der Waals surface area contributed by atoms with Crippen LogP contribution in [-0.4, -0.2) is 51.1 Å². The van der Waals surface area contributed by atoms with Crippen LogP contribution >= 0.6 is 23.4 Å². The van der Waals surface area contributed by atoms with Crippen LogP contribution in [0.5, 0.6) is 5.75 Å². The molecule has 2 aliphatic rings. The van der Waals surface area contributed by atoms with Crippen LogP contribution in [0.1, 0.15) is 25.0 Å². The van der Waals surface area contributed by atoms with E-state index in [-0.39, 0.29) is 18.1 Å². The number of rotatable bonds is 6. The van der Waals surface area contributed by atoms with Gasteiger partial charge < -0.3 is 14.4 Å². The topological polar surface area (TPSA) is 69.0 Å². The molecule has 208 valence electrons. The van der Waals surface area contributed by atoms with E-state index in [1.54, 1.807) is 0 Å². The van der Waals surface area contributed by atoms with Gasteiger partial charge in [-0.1, -0.05) is 48.0 Å². The minimum atomic E-state index is -0.237. The fourth-order valence-electron chi connectivity index (χ4n) is 4.92. The number of carbonyl (C=O) groups excluding carboxylic acids is 1. The molecule has 0 N–H and O–H groups in total. The van der Waals surface area contributed by atoms with Gasteiger partial charge in [-0.05, 0) is 74.1 Å². The first-order valence-corrected chi connectivity index (χ1v) is 14.7. The predicted octanol–water partition coefficient (Wildman–Crippen LogP) is 6.85. The number of hydrogen-bond donors (Lipinski definition) is 0. The van der Waals surface area contributed by atoms with Gasteiger partial charge in [-0.2, -0.15) is 10.1 Å². The first kappa shape index (κ1) is 27.3. The highest BCUT2D eigenvalue weighted by atomic mass is 35.5. The maximum Gasteiger partial charge on any atom is 0.286 e. The molecule has 1 aromatic heterocycles. The van der Waals surface area contributed by atoms with Crippen LogP contribution < -0.4 is 4.74 Å². The van der Waals surface area contributed by atoms with Crippen LogP contribution in [0.4, 0.5) is 0 Å². The zero-order valence-corrected chi connectivity index (χ0v) is 24.3. The van der Waals surface area contributed by atoms with Gasteiger partial charge in [0.1, 0.15) is 12.4 Å². The summed E-state index contributed by atoms with van der Waals surface area (Å²) in [5.74, 6) is 0.489. The number of amides is 1. The van der Waals surface area contributed by atoms with Gasteiger partial charge in [0.05, 0.1) is 28.5 Å². The Hall–Kier alpha value is -3.85. The largest absolute Gasteiger partial charge is 0.489 e. The maximum atomic E-state index is 13.0. The first-order chi connectivity index (χ1) is 19.9. The summed E-state index contributed by atoms with van der Waals surface area (Å²) in [6.45, 7) is 5.87. The van der Waals surface area contributed by atoms with Crippen molar-refractivity contribution in [3.05, 3.63) is 106 Å². The molecule has 4 aromatic rings. The number of aliphatic imine (C=N–C) groups is 1. The Labute approximate surface area is 248 Å². The lowest BCUT2D eigenvalue weighted by atomic mass is 10.1. The van der Waals surface area contributed by atoms with E-state index in [4.69, 9.17) is 26.2 Å². The van der Waals surface area contributed by atoms with Crippen LogP contribution in [0.15, 0.2) is 95.0 Å². The van der Waals surface area contributed by atoms with Crippen molar-refractivity contribution in [2.24, 2.45) is 4.99 Å². The third kappa shape index (κ3) is 6.25. The molecule has 3 aromatic carbocycles. The number of benzene rings is 3. The zero-order valence-electron chi connectivity index (χ0n) is 22.7. The van der Waals surface area contributed by atoms with Crippen molar-refractivity contribution in [1.29, 1.82) is 0 Å². The highest BCUT2D eigenvalue weighted by molar-refractivity contribution is 8.18. The lowest BCUT2D eigenvalue weighted by Crippen LogP contribution is -2.47. The van der Waals surface area contributed by atoms with E-state index in [2.05, 4.69) is 9.89 Å². The van der Waals surface area contributed by atoms with Gasteiger partial charge >= 0.3 is 0 Å². The van der Waals surface area contributed by atoms with Gasteiger partial charge in [-0.15, -0.1) is 0 Å². The highest BCUT2D eigenvalue weighted by Crippen LogP contribution is 2.34. The monoisotopic (exact) mass is 584 g/mol. The molecule has 0 saturated carbocycles. The van der Waals surface area contributed by atoms with E-state index in [9.17, 15) is 4.79 Å². The summed E-state index contributed by atoms with van der Waals surface area (Å²) < 4.78 is 13.7. The Kier molecular flexibility index (Phi) is 7.96. The third-order valence-corrected chi connectivity index (χ3v) is 8.24. The summed E-state index contributed by atoms with van der Waals surface area (Å²) in [4.78, 5) is 20.1. The van der Waals surface area contributed by atoms with E-state index < -0.39 is 0 Å². The molecule has 41 heavy (non-hydrogen) atoms. The molecule has 2 aliphatic heterocycles. The SMILES string of the molecule is C[C@@H]1CN(C2=NC(=O)/C(=C/c3cn(-c4ccccc4)nc3-c3ccc(OCc4ccccc4Cl)cc3)S2)C[C@@H](C)O1. The molecule has 6 rings (SSSR count).